The molecule has 0 saturated heterocycles. The number of anilines is 2. The maximum atomic E-state index is 13.7. The second-order valence-electron chi connectivity index (χ2n) is 3.62. The van der Waals surface area contributed by atoms with Crippen LogP contribution in [0, 0.1) is 18.6 Å². The molecular formula is C11H10ClF2N3O. The zero-order valence-electron chi connectivity index (χ0n) is 9.51. The number of halogens is 3. The highest BCUT2D eigenvalue weighted by atomic mass is 35.5. The van der Waals surface area contributed by atoms with Gasteiger partial charge in [-0.15, -0.1) is 16.7 Å². The maximum absolute atomic E-state index is 13.7. The molecule has 1 aromatic heterocycles. The van der Waals surface area contributed by atoms with Crippen LogP contribution in [0.3, 0.4) is 0 Å². The Labute approximate surface area is 107 Å². The second-order valence-corrected chi connectivity index (χ2v) is 4.00. The molecule has 96 valence electrons. The van der Waals surface area contributed by atoms with E-state index in [1.165, 1.54) is 13.0 Å². The number of rotatable bonds is 4. The predicted molar refractivity (Wildman–Crippen MR) is 63.1 cm³/mol. The van der Waals surface area contributed by atoms with E-state index in [4.69, 9.17) is 16.0 Å². The van der Waals surface area contributed by atoms with Crippen LogP contribution in [-0.2, 0) is 6.42 Å². The van der Waals surface area contributed by atoms with E-state index in [9.17, 15) is 8.78 Å². The SMILES string of the molecule is Cc1ccc(F)c(Nc2nnc(CCCl)o2)c1F. The van der Waals surface area contributed by atoms with Gasteiger partial charge in [-0.2, -0.15) is 0 Å². The molecule has 7 heteroatoms. The minimum Gasteiger partial charge on any atom is -0.408 e. The molecule has 1 aromatic carbocycles. The molecule has 0 fully saturated rings. The van der Waals surface area contributed by atoms with Crippen LogP contribution in [0.2, 0.25) is 0 Å². The Morgan fingerprint density at radius 3 is 2.83 bits per heavy atom. The zero-order chi connectivity index (χ0) is 13.1. The summed E-state index contributed by atoms with van der Waals surface area (Å²) in [5, 5.41) is 9.72. The number of aryl methyl sites for hydroxylation is 2. The molecule has 2 aromatic rings. The smallest absolute Gasteiger partial charge is 0.320 e. The van der Waals surface area contributed by atoms with Gasteiger partial charge in [0.05, 0.1) is 0 Å². The van der Waals surface area contributed by atoms with Crippen molar-refractivity contribution in [3.05, 3.63) is 35.2 Å². The summed E-state index contributed by atoms with van der Waals surface area (Å²) in [6.45, 7) is 1.53. The van der Waals surface area contributed by atoms with Gasteiger partial charge in [0.1, 0.15) is 11.5 Å². The van der Waals surface area contributed by atoms with Crippen molar-refractivity contribution in [1.29, 1.82) is 0 Å². The van der Waals surface area contributed by atoms with E-state index in [1.807, 2.05) is 0 Å². The van der Waals surface area contributed by atoms with E-state index in [-0.39, 0.29) is 11.7 Å². The summed E-state index contributed by atoms with van der Waals surface area (Å²) >= 11 is 5.51. The van der Waals surface area contributed by atoms with Gasteiger partial charge in [-0.25, -0.2) is 8.78 Å². The first-order valence-electron chi connectivity index (χ1n) is 5.21. The van der Waals surface area contributed by atoms with Crippen molar-refractivity contribution < 1.29 is 13.2 Å². The summed E-state index contributed by atoms with van der Waals surface area (Å²) in [5.74, 6) is -0.780. The average molecular weight is 274 g/mol. The molecular weight excluding hydrogens is 264 g/mol. The molecule has 0 radical (unpaired) electrons. The Morgan fingerprint density at radius 2 is 2.11 bits per heavy atom. The van der Waals surface area contributed by atoms with E-state index >= 15 is 0 Å². The lowest BCUT2D eigenvalue weighted by Crippen LogP contribution is -1.99. The van der Waals surface area contributed by atoms with E-state index in [0.29, 0.717) is 23.8 Å². The van der Waals surface area contributed by atoms with Gasteiger partial charge in [0, 0.05) is 12.3 Å². The topological polar surface area (TPSA) is 51.0 Å². The van der Waals surface area contributed by atoms with E-state index in [0.717, 1.165) is 6.07 Å². The Bertz CT molecular complexity index is 559. The molecule has 0 atom stereocenters. The molecule has 0 bridgehead atoms. The van der Waals surface area contributed by atoms with Gasteiger partial charge in [0.15, 0.2) is 5.82 Å². The van der Waals surface area contributed by atoms with Gasteiger partial charge in [0.25, 0.3) is 0 Å². The lowest BCUT2D eigenvalue weighted by atomic mass is 10.2. The number of nitrogens with zero attached hydrogens (tertiary/aromatic N) is 2. The second kappa shape index (κ2) is 5.30. The van der Waals surface area contributed by atoms with Gasteiger partial charge in [-0.1, -0.05) is 11.2 Å². The highest BCUT2D eigenvalue weighted by molar-refractivity contribution is 6.17. The highest BCUT2D eigenvalue weighted by Gasteiger charge is 2.14. The minimum atomic E-state index is -0.727. The fraction of sp³-hybridized carbons (Fsp3) is 0.273. The molecule has 0 saturated carbocycles. The van der Waals surface area contributed by atoms with Gasteiger partial charge >= 0.3 is 6.01 Å². The molecule has 0 aliphatic heterocycles. The lowest BCUT2D eigenvalue weighted by molar-refractivity contribution is 0.513. The Kier molecular flexibility index (Phi) is 3.76. The monoisotopic (exact) mass is 273 g/mol. The van der Waals surface area contributed by atoms with Gasteiger partial charge in [-0.05, 0) is 18.6 Å². The van der Waals surface area contributed by atoms with Crippen LogP contribution >= 0.6 is 11.6 Å². The van der Waals surface area contributed by atoms with Gasteiger partial charge in [-0.3, -0.25) is 0 Å². The van der Waals surface area contributed by atoms with Crippen LogP contribution in [0.4, 0.5) is 20.5 Å². The fourth-order valence-electron chi connectivity index (χ4n) is 1.36. The number of alkyl halides is 1. The molecule has 18 heavy (non-hydrogen) atoms. The normalized spacial score (nSPS) is 10.7. The van der Waals surface area contributed by atoms with E-state index in [1.54, 1.807) is 0 Å². The maximum Gasteiger partial charge on any atom is 0.320 e. The standard InChI is InChI=1S/C11H10ClF2N3O/c1-6-2-3-7(13)10(9(6)14)15-11-17-16-8(18-11)4-5-12/h2-3H,4-5H2,1H3,(H,15,17). The summed E-state index contributed by atoms with van der Waals surface area (Å²) in [4.78, 5) is 0. The van der Waals surface area contributed by atoms with Crippen molar-refractivity contribution in [1.82, 2.24) is 10.2 Å². The highest BCUT2D eigenvalue weighted by Crippen LogP contribution is 2.24. The number of benzene rings is 1. The molecule has 2 rings (SSSR count). The Hall–Kier alpha value is -1.69. The first kappa shape index (κ1) is 12.8. The third-order valence-electron chi connectivity index (χ3n) is 2.29. The summed E-state index contributed by atoms with van der Waals surface area (Å²) in [6, 6.07) is 2.44. The molecule has 0 aliphatic rings. The van der Waals surface area contributed by atoms with Crippen molar-refractivity contribution in [2.75, 3.05) is 11.2 Å². The summed E-state index contributed by atoms with van der Waals surface area (Å²) in [7, 11) is 0. The first-order chi connectivity index (χ1) is 8.61. The molecule has 0 spiro atoms. The van der Waals surface area contributed by atoms with Crippen molar-refractivity contribution >= 4 is 23.3 Å². The van der Waals surface area contributed by atoms with Crippen LogP contribution in [0.5, 0.6) is 0 Å². The van der Waals surface area contributed by atoms with E-state index in [2.05, 4.69) is 15.5 Å². The predicted octanol–water partition coefficient (Wildman–Crippen LogP) is 3.18. The van der Waals surface area contributed by atoms with Crippen LogP contribution in [0.15, 0.2) is 16.5 Å². The molecule has 0 amide bonds. The van der Waals surface area contributed by atoms with Gasteiger partial charge in [0.2, 0.25) is 5.89 Å². The van der Waals surface area contributed by atoms with Crippen LogP contribution < -0.4 is 5.32 Å². The minimum absolute atomic E-state index is 0.0708. The lowest BCUT2D eigenvalue weighted by Gasteiger charge is -2.06. The number of hydrogen-bond donors (Lipinski definition) is 1. The number of nitrogens with one attached hydrogen (secondary N) is 1. The first-order valence-corrected chi connectivity index (χ1v) is 5.75. The Morgan fingerprint density at radius 1 is 1.33 bits per heavy atom. The van der Waals surface area contributed by atoms with Crippen LogP contribution in [0.25, 0.3) is 0 Å². The van der Waals surface area contributed by atoms with E-state index < -0.39 is 11.6 Å². The van der Waals surface area contributed by atoms with Crippen molar-refractivity contribution in [2.45, 2.75) is 13.3 Å². The van der Waals surface area contributed by atoms with Crippen LogP contribution in [-0.4, -0.2) is 16.1 Å². The van der Waals surface area contributed by atoms with Crippen molar-refractivity contribution in [2.24, 2.45) is 0 Å². The fourth-order valence-corrected chi connectivity index (χ4v) is 1.53. The molecule has 4 nitrogen and oxygen atoms in total. The molecule has 1 heterocycles. The van der Waals surface area contributed by atoms with Crippen LogP contribution in [0.1, 0.15) is 11.5 Å². The van der Waals surface area contributed by atoms with Gasteiger partial charge < -0.3 is 9.73 Å². The summed E-state index contributed by atoms with van der Waals surface area (Å²) in [6.07, 6.45) is 0.398. The summed E-state index contributed by atoms with van der Waals surface area (Å²) < 4.78 is 32.3. The molecule has 1 N–H and O–H groups in total. The number of aromatic nitrogens is 2. The zero-order valence-corrected chi connectivity index (χ0v) is 10.3. The molecule has 0 aliphatic carbocycles. The third-order valence-corrected chi connectivity index (χ3v) is 2.48. The summed E-state index contributed by atoms with van der Waals surface area (Å²) in [5.41, 5.74) is 0.00969. The number of hydrogen-bond acceptors (Lipinski definition) is 4. The largest absolute Gasteiger partial charge is 0.408 e. The van der Waals surface area contributed by atoms with Crippen molar-refractivity contribution in [3.8, 4) is 0 Å². The molecule has 0 unspecified atom stereocenters. The quantitative estimate of drug-likeness (QED) is 0.869. The third kappa shape index (κ3) is 2.59. The van der Waals surface area contributed by atoms with Crippen molar-refractivity contribution in [3.63, 3.8) is 0 Å². The average Bonchev–Trinajstić information content (AvgIpc) is 2.78. The Balaban J connectivity index is 2.25.